The van der Waals surface area contributed by atoms with Gasteiger partial charge >= 0.3 is 6.09 Å². The molecule has 0 aliphatic carbocycles. The van der Waals surface area contributed by atoms with Crippen LogP contribution in [0.25, 0.3) is 11.4 Å². The third-order valence-corrected chi connectivity index (χ3v) is 5.28. The Morgan fingerprint density at radius 1 is 1.11 bits per heavy atom. The maximum absolute atomic E-state index is 12.5. The van der Waals surface area contributed by atoms with Gasteiger partial charge in [0.25, 0.3) is 5.91 Å². The Kier molecular flexibility index (Phi) is 7.12. The lowest BCUT2D eigenvalue weighted by Crippen LogP contribution is -2.18. The molecule has 13 heteroatoms. The minimum atomic E-state index is -0.742. The second-order valence-electron chi connectivity index (χ2n) is 7.40. The fourth-order valence-corrected chi connectivity index (χ4v) is 3.40. The van der Waals surface area contributed by atoms with Gasteiger partial charge < -0.3 is 10.1 Å². The van der Waals surface area contributed by atoms with Crippen LogP contribution < -0.4 is 10.6 Å². The predicted octanol–water partition coefficient (Wildman–Crippen LogP) is 3.75. The van der Waals surface area contributed by atoms with E-state index in [4.69, 9.17) is 21.6 Å². The van der Waals surface area contributed by atoms with Crippen molar-refractivity contribution < 1.29 is 14.3 Å². The molecule has 0 fully saturated rings. The number of hydrogen-bond acceptors (Lipinski definition) is 9. The van der Waals surface area contributed by atoms with Crippen LogP contribution in [0.1, 0.15) is 34.6 Å². The molecule has 1 atom stereocenters. The van der Waals surface area contributed by atoms with E-state index in [1.807, 2.05) is 6.07 Å². The van der Waals surface area contributed by atoms with Crippen molar-refractivity contribution in [1.29, 1.82) is 5.26 Å². The Hall–Kier alpha value is -4.89. The Balaban J connectivity index is 1.44. The number of nitriles is 1. The number of halogens is 1. The first-order valence-electron chi connectivity index (χ1n) is 10.5. The summed E-state index contributed by atoms with van der Waals surface area (Å²) in [5.41, 5.74) is 2.20. The maximum Gasteiger partial charge on any atom is 0.413 e. The highest BCUT2D eigenvalue weighted by atomic mass is 35.5. The summed E-state index contributed by atoms with van der Waals surface area (Å²) in [7, 11) is 1.60. The molecule has 0 bridgehead atoms. The predicted molar refractivity (Wildman–Crippen MR) is 129 cm³/mol. The van der Waals surface area contributed by atoms with Gasteiger partial charge in [0.2, 0.25) is 0 Å². The summed E-state index contributed by atoms with van der Waals surface area (Å²) in [6.07, 6.45) is 2.90. The van der Waals surface area contributed by atoms with E-state index in [9.17, 15) is 9.59 Å². The molecule has 0 aromatic carbocycles. The van der Waals surface area contributed by atoms with Gasteiger partial charge in [0.15, 0.2) is 11.5 Å². The molecule has 4 heterocycles. The van der Waals surface area contributed by atoms with Crippen LogP contribution in [0.4, 0.5) is 16.3 Å². The van der Waals surface area contributed by atoms with Gasteiger partial charge in [-0.1, -0.05) is 22.9 Å². The number of rotatable bonds is 6. The van der Waals surface area contributed by atoms with Crippen LogP contribution >= 0.6 is 11.6 Å². The second kappa shape index (κ2) is 10.6. The van der Waals surface area contributed by atoms with Gasteiger partial charge in [-0.05, 0) is 37.3 Å². The fourth-order valence-electron chi connectivity index (χ4n) is 3.13. The van der Waals surface area contributed by atoms with E-state index in [2.05, 4.69) is 35.9 Å². The molecule has 2 amide bonds. The molecule has 180 valence electrons. The molecule has 0 aliphatic rings. The summed E-state index contributed by atoms with van der Waals surface area (Å²) in [5, 5.41) is 22.4. The number of carbonyl (C=O) groups excluding carboxylic acids is 2. The maximum atomic E-state index is 12.5. The summed E-state index contributed by atoms with van der Waals surface area (Å²) in [5.74, 6) is -0.147. The van der Waals surface area contributed by atoms with Crippen LogP contribution in [-0.2, 0) is 11.8 Å². The standard InChI is InChI=1S/C23H18ClN9O3/c1-13(17-4-3-9-26-20(17)24)36-23(35)30-21-19(31-32-33(21)2)18-8-7-16(12-28-18)29-22(34)14-5-6-15(10-25)27-11-14/h3-9,11-13H,1-2H3,(H,29,34)(H,30,35)/t13-/m1/s1. The summed E-state index contributed by atoms with van der Waals surface area (Å²) in [6, 6.07) is 11.5. The van der Waals surface area contributed by atoms with Gasteiger partial charge in [-0.15, -0.1) is 5.10 Å². The largest absolute Gasteiger partial charge is 0.441 e. The first kappa shape index (κ1) is 24.2. The number of nitrogens with zero attached hydrogens (tertiary/aromatic N) is 7. The average molecular weight is 504 g/mol. The topological polar surface area (TPSA) is 161 Å². The number of carbonyl (C=O) groups is 2. The molecule has 0 spiro atoms. The van der Waals surface area contributed by atoms with Crippen molar-refractivity contribution in [2.45, 2.75) is 13.0 Å². The lowest BCUT2D eigenvalue weighted by Gasteiger charge is -2.15. The first-order valence-corrected chi connectivity index (χ1v) is 10.8. The van der Waals surface area contributed by atoms with E-state index in [0.29, 0.717) is 28.2 Å². The van der Waals surface area contributed by atoms with Crippen molar-refractivity contribution >= 4 is 35.1 Å². The van der Waals surface area contributed by atoms with Crippen LogP contribution in [-0.4, -0.2) is 41.9 Å². The minimum absolute atomic E-state index is 0.213. The van der Waals surface area contributed by atoms with E-state index in [1.54, 1.807) is 44.4 Å². The molecule has 4 aromatic heterocycles. The van der Waals surface area contributed by atoms with Crippen LogP contribution in [0.2, 0.25) is 5.15 Å². The smallest absolute Gasteiger partial charge is 0.413 e. The molecular formula is C23H18ClN9O3. The van der Waals surface area contributed by atoms with Crippen molar-refractivity contribution in [3.8, 4) is 17.5 Å². The van der Waals surface area contributed by atoms with Crippen molar-refractivity contribution in [3.63, 3.8) is 0 Å². The lowest BCUT2D eigenvalue weighted by atomic mass is 10.2. The van der Waals surface area contributed by atoms with E-state index >= 15 is 0 Å². The van der Waals surface area contributed by atoms with Gasteiger partial charge in [0.1, 0.15) is 23.0 Å². The third-order valence-electron chi connectivity index (χ3n) is 4.96. The molecule has 4 aromatic rings. The zero-order valence-corrected chi connectivity index (χ0v) is 19.8. The highest BCUT2D eigenvalue weighted by molar-refractivity contribution is 6.30. The number of nitrogens with one attached hydrogen (secondary N) is 2. The Bertz CT molecular complexity index is 1450. The summed E-state index contributed by atoms with van der Waals surface area (Å²) >= 11 is 6.07. The van der Waals surface area contributed by atoms with Crippen molar-refractivity contribution in [1.82, 2.24) is 29.9 Å². The van der Waals surface area contributed by atoms with Crippen LogP contribution in [0.15, 0.2) is 55.0 Å². The van der Waals surface area contributed by atoms with Crippen molar-refractivity contribution in [3.05, 3.63) is 77.0 Å². The molecule has 4 rings (SSSR count). The van der Waals surface area contributed by atoms with Gasteiger partial charge in [-0.25, -0.2) is 19.4 Å². The number of pyridine rings is 3. The number of anilines is 2. The summed E-state index contributed by atoms with van der Waals surface area (Å²) in [6.45, 7) is 1.67. The van der Waals surface area contributed by atoms with E-state index in [-0.39, 0.29) is 16.7 Å². The number of aryl methyl sites for hydroxylation is 1. The van der Waals surface area contributed by atoms with Gasteiger partial charge in [0.05, 0.1) is 23.1 Å². The minimum Gasteiger partial charge on any atom is -0.441 e. The normalized spacial score (nSPS) is 11.3. The molecule has 0 saturated heterocycles. The van der Waals surface area contributed by atoms with Crippen LogP contribution in [0.3, 0.4) is 0 Å². The van der Waals surface area contributed by atoms with E-state index in [1.165, 1.54) is 29.2 Å². The third kappa shape index (κ3) is 5.43. The number of ether oxygens (including phenoxy) is 1. The van der Waals surface area contributed by atoms with Crippen LogP contribution in [0.5, 0.6) is 0 Å². The van der Waals surface area contributed by atoms with Gasteiger partial charge in [-0.3, -0.25) is 15.1 Å². The summed E-state index contributed by atoms with van der Waals surface area (Å²) in [4.78, 5) is 37.1. The zero-order chi connectivity index (χ0) is 25.7. The van der Waals surface area contributed by atoms with Crippen molar-refractivity contribution in [2.75, 3.05) is 10.6 Å². The number of amides is 2. The van der Waals surface area contributed by atoms with E-state index < -0.39 is 18.1 Å². The molecular weight excluding hydrogens is 486 g/mol. The Labute approximate surface area is 209 Å². The first-order chi connectivity index (χ1) is 17.4. The number of hydrogen-bond donors (Lipinski definition) is 2. The quantitative estimate of drug-likeness (QED) is 0.373. The van der Waals surface area contributed by atoms with Crippen LogP contribution in [0, 0.1) is 11.3 Å². The SMILES string of the molecule is C[C@@H](OC(=O)Nc1c(-c2ccc(NC(=O)c3ccc(C#N)nc3)cn2)nnn1C)c1cccnc1Cl. The molecule has 0 saturated carbocycles. The molecule has 0 aliphatic heterocycles. The van der Waals surface area contributed by atoms with E-state index in [0.717, 1.165) is 0 Å². The summed E-state index contributed by atoms with van der Waals surface area (Å²) < 4.78 is 6.79. The fraction of sp³-hybridized carbons (Fsp3) is 0.130. The molecule has 2 N–H and O–H groups in total. The second-order valence-corrected chi connectivity index (χ2v) is 7.75. The van der Waals surface area contributed by atoms with Crippen molar-refractivity contribution in [2.24, 2.45) is 7.05 Å². The lowest BCUT2D eigenvalue weighted by molar-refractivity contribution is 0.102. The number of aromatic nitrogens is 6. The van der Waals surface area contributed by atoms with Gasteiger partial charge in [-0.2, -0.15) is 5.26 Å². The Morgan fingerprint density at radius 3 is 2.61 bits per heavy atom. The van der Waals surface area contributed by atoms with Gasteiger partial charge in [0, 0.05) is 25.0 Å². The Morgan fingerprint density at radius 2 is 1.94 bits per heavy atom. The molecule has 36 heavy (non-hydrogen) atoms. The monoisotopic (exact) mass is 503 g/mol. The average Bonchev–Trinajstić information content (AvgIpc) is 3.24. The molecule has 0 radical (unpaired) electrons. The zero-order valence-electron chi connectivity index (χ0n) is 19.0. The molecule has 12 nitrogen and oxygen atoms in total. The molecule has 0 unspecified atom stereocenters. The highest BCUT2D eigenvalue weighted by Crippen LogP contribution is 2.26. The highest BCUT2D eigenvalue weighted by Gasteiger charge is 2.20.